The first-order chi connectivity index (χ1) is 10.9. The van der Waals surface area contributed by atoms with Crippen molar-refractivity contribution in [3.05, 3.63) is 29.3 Å². The van der Waals surface area contributed by atoms with Crippen molar-refractivity contribution in [2.24, 2.45) is 0 Å². The molecule has 1 saturated heterocycles. The largest absolute Gasteiger partial charge is 0.373 e. The molecule has 122 valence electrons. The van der Waals surface area contributed by atoms with E-state index in [1.165, 1.54) is 0 Å². The third kappa shape index (κ3) is 3.18. The maximum Gasteiger partial charge on any atom is 0.245 e. The molecule has 2 heterocycles. The van der Waals surface area contributed by atoms with Crippen LogP contribution in [0, 0.1) is 11.3 Å². The molecule has 1 amide bonds. The quantitative estimate of drug-likeness (QED) is 0.859. The van der Waals surface area contributed by atoms with Crippen LogP contribution in [-0.2, 0) is 11.2 Å². The van der Waals surface area contributed by atoms with Crippen molar-refractivity contribution >= 4 is 11.6 Å². The zero-order chi connectivity index (χ0) is 16.6. The van der Waals surface area contributed by atoms with Crippen LogP contribution in [0.15, 0.2) is 18.2 Å². The van der Waals surface area contributed by atoms with E-state index in [1.54, 1.807) is 6.07 Å². The molecule has 2 aliphatic heterocycles. The smallest absolute Gasteiger partial charge is 0.245 e. The Hall–Kier alpha value is -2.06. The number of hydrogen-bond acceptors (Lipinski definition) is 4. The summed E-state index contributed by atoms with van der Waals surface area (Å²) in [6, 6.07) is 7.54. The standard InChI is InChI=1S/C18H24N4O/c1-18(2,3)22-8-6-21(7-9-22)17(23)16-11-14-10-13(12-19)4-5-15(14)20-16/h4-5,10,16,20H,6-9,11H2,1-3H3. The number of nitriles is 1. The van der Waals surface area contributed by atoms with Crippen molar-refractivity contribution in [1.29, 1.82) is 5.26 Å². The first-order valence-electron chi connectivity index (χ1n) is 8.22. The molecular weight excluding hydrogens is 288 g/mol. The Bertz CT molecular complexity index is 648. The number of piperazine rings is 1. The van der Waals surface area contributed by atoms with Gasteiger partial charge >= 0.3 is 0 Å². The van der Waals surface area contributed by atoms with E-state index in [9.17, 15) is 4.79 Å². The lowest BCUT2D eigenvalue weighted by atomic mass is 10.0. The van der Waals surface area contributed by atoms with Crippen molar-refractivity contribution in [1.82, 2.24) is 9.80 Å². The van der Waals surface area contributed by atoms with Gasteiger partial charge in [-0.3, -0.25) is 9.69 Å². The Morgan fingerprint density at radius 2 is 1.96 bits per heavy atom. The minimum Gasteiger partial charge on any atom is -0.373 e. The summed E-state index contributed by atoms with van der Waals surface area (Å²) < 4.78 is 0. The van der Waals surface area contributed by atoms with E-state index in [2.05, 4.69) is 37.1 Å². The molecule has 1 aromatic rings. The second kappa shape index (κ2) is 5.86. The second-order valence-electron chi connectivity index (χ2n) is 7.37. The lowest BCUT2D eigenvalue weighted by Gasteiger charge is -2.42. The van der Waals surface area contributed by atoms with Gasteiger partial charge in [0.15, 0.2) is 0 Å². The number of nitrogens with zero attached hydrogens (tertiary/aromatic N) is 3. The molecule has 1 unspecified atom stereocenters. The predicted octanol–water partition coefficient (Wildman–Crippen LogP) is 1.84. The first kappa shape index (κ1) is 15.8. The minimum absolute atomic E-state index is 0.157. The molecule has 0 saturated carbocycles. The topological polar surface area (TPSA) is 59.4 Å². The summed E-state index contributed by atoms with van der Waals surface area (Å²) in [6.45, 7) is 10.1. The van der Waals surface area contributed by atoms with E-state index in [0.717, 1.165) is 37.4 Å². The van der Waals surface area contributed by atoms with Crippen molar-refractivity contribution < 1.29 is 4.79 Å². The molecule has 3 rings (SSSR count). The van der Waals surface area contributed by atoms with Crippen LogP contribution in [0.25, 0.3) is 0 Å². The molecule has 5 nitrogen and oxygen atoms in total. The first-order valence-corrected chi connectivity index (χ1v) is 8.22. The maximum atomic E-state index is 12.8. The molecule has 23 heavy (non-hydrogen) atoms. The highest BCUT2D eigenvalue weighted by molar-refractivity contribution is 5.87. The van der Waals surface area contributed by atoms with Crippen LogP contribution in [0.5, 0.6) is 0 Å². The SMILES string of the molecule is CC(C)(C)N1CCN(C(=O)C2Cc3cc(C#N)ccc3N2)CC1. The average molecular weight is 312 g/mol. The molecule has 5 heteroatoms. The maximum absolute atomic E-state index is 12.8. The third-order valence-electron chi connectivity index (χ3n) is 4.83. The molecule has 0 aromatic heterocycles. The molecule has 1 aromatic carbocycles. The van der Waals surface area contributed by atoms with E-state index in [4.69, 9.17) is 5.26 Å². The highest BCUT2D eigenvalue weighted by atomic mass is 16.2. The predicted molar refractivity (Wildman–Crippen MR) is 90.2 cm³/mol. The van der Waals surface area contributed by atoms with Gasteiger partial charge in [-0.05, 0) is 44.5 Å². The zero-order valence-electron chi connectivity index (χ0n) is 14.1. The summed E-state index contributed by atoms with van der Waals surface area (Å²) in [6.07, 6.45) is 0.670. The number of anilines is 1. The second-order valence-corrected chi connectivity index (χ2v) is 7.37. The normalized spacial score (nSPS) is 21.5. The number of benzene rings is 1. The molecule has 2 aliphatic rings. The van der Waals surface area contributed by atoms with Crippen LogP contribution in [0.2, 0.25) is 0 Å². The van der Waals surface area contributed by atoms with Gasteiger partial charge in [0.1, 0.15) is 6.04 Å². The molecule has 0 aliphatic carbocycles. The Morgan fingerprint density at radius 1 is 1.26 bits per heavy atom. The Balaban J connectivity index is 1.62. The summed E-state index contributed by atoms with van der Waals surface area (Å²) in [5, 5.41) is 12.3. The van der Waals surface area contributed by atoms with E-state index in [-0.39, 0.29) is 17.5 Å². The van der Waals surface area contributed by atoms with Crippen LogP contribution < -0.4 is 5.32 Å². The molecule has 0 bridgehead atoms. The van der Waals surface area contributed by atoms with E-state index < -0.39 is 0 Å². The van der Waals surface area contributed by atoms with Crippen LogP contribution in [0.4, 0.5) is 5.69 Å². The van der Waals surface area contributed by atoms with Gasteiger partial charge in [0.25, 0.3) is 0 Å². The lowest BCUT2D eigenvalue weighted by Crippen LogP contribution is -2.56. The molecule has 1 atom stereocenters. The summed E-state index contributed by atoms with van der Waals surface area (Å²) in [5.74, 6) is 0.174. The summed E-state index contributed by atoms with van der Waals surface area (Å²) in [7, 11) is 0. The molecule has 1 fully saturated rings. The minimum atomic E-state index is -0.194. The van der Waals surface area contributed by atoms with Gasteiger partial charge in [-0.15, -0.1) is 0 Å². The van der Waals surface area contributed by atoms with Gasteiger partial charge < -0.3 is 10.2 Å². The summed E-state index contributed by atoms with van der Waals surface area (Å²) in [5.41, 5.74) is 2.86. The Labute approximate surface area is 137 Å². The van der Waals surface area contributed by atoms with Crippen molar-refractivity contribution in [3.63, 3.8) is 0 Å². The lowest BCUT2D eigenvalue weighted by molar-refractivity contribution is -0.134. The number of nitrogens with one attached hydrogen (secondary N) is 1. The van der Waals surface area contributed by atoms with Crippen molar-refractivity contribution in [2.75, 3.05) is 31.5 Å². The number of hydrogen-bond donors (Lipinski definition) is 1. The van der Waals surface area contributed by atoms with Crippen molar-refractivity contribution in [2.45, 2.75) is 38.8 Å². The average Bonchev–Trinajstić information content (AvgIpc) is 2.96. The Morgan fingerprint density at radius 3 is 2.57 bits per heavy atom. The number of fused-ring (bicyclic) bond motifs is 1. The fourth-order valence-corrected chi connectivity index (χ4v) is 3.40. The van der Waals surface area contributed by atoms with Gasteiger partial charge in [-0.1, -0.05) is 0 Å². The van der Waals surface area contributed by atoms with Crippen LogP contribution >= 0.6 is 0 Å². The number of rotatable bonds is 1. The van der Waals surface area contributed by atoms with Gasteiger partial charge in [-0.25, -0.2) is 0 Å². The van der Waals surface area contributed by atoms with E-state index in [0.29, 0.717) is 12.0 Å². The van der Waals surface area contributed by atoms with E-state index in [1.807, 2.05) is 17.0 Å². The van der Waals surface area contributed by atoms with Crippen LogP contribution in [-0.4, -0.2) is 53.5 Å². The summed E-state index contributed by atoms with van der Waals surface area (Å²) >= 11 is 0. The number of carbonyl (C=O) groups is 1. The van der Waals surface area contributed by atoms with Gasteiger partial charge in [0, 0.05) is 43.8 Å². The van der Waals surface area contributed by atoms with E-state index >= 15 is 0 Å². The van der Waals surface area contributed by atoms with Crippen LogP contribution in [0.3, 0.4) is 0 Å². The zero-order valence-corrected chi connectivity index (χ0v) is 14.1. The van der Waals surface area contributed by atoms with Crippen molar-refractivity contribution in [3.8, 4) is 6.07 Å². The molecule has 0 radical (unpaired) electrons. The van der Waals surface area contributed by atoms with Gasteiger partial charge in [0.2, 0.25) is 5.91 Å². The summed E-state index contributed by atoms with van der Waals surface area (Å²) in [4.78, 5) is 17.2. The highest BCUT2D eigenvalue weighted by Crippen LogP contribution is 2.28. The number of carbonyl (C=O) groups excluding carboxylic acids is 1. The van der Waals surface area contributed by atoms with Gasteiger partial charge in [0.05, 0.1) is 11.6 Å². The fraction of sp³-hybridized carbons (Fsp3) is 0.556. The number of amides is 1. The van der Waals surface area contributed by atoms with Gasteiger partial charge in [-0.2, -0.15) is 5.26 Å². The Kier molecular flexibility index (Phi) is 4.03. The third-order valence-corrected chi connectivity index (χ3v) is 4.83. The monoisotopic (exact) mass is 312 g/mol. The highest BCUT2D eigenvalue weighted by Gasteiger charge is 2.33. The van der Waals surface area contributed by atoms with Crippen LogP contribution in [0.1, 0.15) is 31.9 Å². The fourth-order valence-electron chi connectivity index (χ4n) is 3.40. The molecular formula is C18H24N4O. The molecule has 0 spiro atoms. The molecule has 1 N–H and O–H groups in total.